The Bertz CT molecular complexity index is 181. The lowest BCUT2D eigenvalue weighted by Gasteiger charge is -2.08. The van der Waals surface area contributed by atoms with E-state index in [1.54, 1.807) is 13.8 Å². The maximum absolute atomic E-state index is 11.0. The first-order valence-electron chi connectivity index (χ1n) is 3.99. The van der Waals surface area contributed by atoms with Crippen LogP contribution in [0.5, 0.6) is 0 Å². The molecule has 0 aromatic carbocycles. The van der Waals surface area contributed by atoms with Crippen molar-refractivity contribution in [1.29, 1.82) is 0 Å². The van der Waals surface area contributed by atoms with Crippen molar-refractivity contribution in [2.24, 2.45) is 0 Å². The van der Waals surface area contributed by atoms with Gasteiger partial charge in [-0.25, -0.2) is 0 Å². The molecule has 2 N–H and O–H groups in total. The van der Waals surface area contributed by atoms with Crippen molar-refractivity contribution in [1.82, 2.24) is 5.32 Å². The predicted molar refractivity (Wildman–Crippen MR) is 47.4 cm³/mol. The van der Waals surface area contributed by atoms with Gasteiger partial charge in [-0.2, -0.15) is 0 Å². The number of terminal acetylenes is 1. The van der Waals surface area contributed by atoms with Crippen LogP contribution in [-0.2, 0) is 4.79 Å². The first-order valence-corrected chi connectivity index (χ1v) is 3.99. The summed E-state index contributed by atoms with van der Waals surface area (Å²) in [6, 6.07) is -0.230. The highest BCUT2D eigenvalue weighted by molar-refractivity contribution is 5.76. The van der Waals surface area contributed by atoms with Crippen LogP contribution in [0.25, 0.3) is 0 Å². The van der Waals surface area contributed by atoms with Gasteiger partial charge in [-0.15, -0.1) is 6.42 Å². The van der Waals surface area contributed by atoms with Gasteiger partial charge < -0.3 is 10.4 Å². The highest BCUT2D eigenvalue weighted by Crippen LogP contribution is 1.95. The third kappa shape index (κ3) is 5.75. The van der Waals surface area contributed by atoms with E-state index in [2.05, 4.69) is 11.2 Å². The van der Waals surface area contributed by atoms with Gasteiger partial charge in [0.05, 0.1) is 12.1 Å². The highest BCUT2D eigenvalue weighted by Gasteiger charge is 2.05. The van der Waals surface area contributed by atoms with Crippen molar-refractivity contribution in [3.05, 3.63) is 0 Å². The molecule has 12 heavy (non-hydrogen) atoms. The minimum absolute atomic E-state index is 0.110. The molecule has 0 aromatic heterocycles. The number of hydrogen-bond acceptors (Lipinski definition) is 2. The molecular formula is C9H15NO2. The summed E-state index contributed by atoms with van der Waals surface area (Å²) in [5, 5.41) is 11.5. The second-order valence-corrected chi connectivity index (χ2v) is 2.84. The van der Waals surface area contributed by atoms with Crippen LogP contribution in [-0.4, -0.2) is 23.2 Å². The Hall–Kier alpha value is -1.01. The van der Waals surface area contributed by atoms with Gasteiger partial charge in [-0.05, 0) is 20.3 Å². The van der Waals surface area contributed by atoms with Crippen LogP contribution in [0, 0.1) is 12.3 Å². The molecule has 2 atom stereocenters. The molecule has 3 nitrogen and oxygen atoms in total. The number of nitrogens with one attached hydrogen (secondary N) is 1. The summed E-state index contributed by atoms with van der Waals surface area (Å²) >= 11 is 0. The molecule has 0 fully saturated rings. The molecule has 0 spiro atoms. The normalized spacial score (nSPS) is 14.5. The Kier molecular flexibility index (Phi) is 5.14. The Morgan fingerprint density at radius 2 is 2.25 bits per heavy atom. The van der Waals surface area contributed by atoms with E-state index in [0.717, 1.165) is 0 Å². The van der Waals surface area contributed by atoms with E-state index >= 15 is 0 Å². The molecule has 0 aliphatic rings. The number of carbonyl (C=O) groups is 1. The summed E-state index contributed by atoms with van der Waals surface area (Å²) in [5.41, 5.74) is 0. The molecular weight excluding hydrogens is 154 g/mol. The van der Waals surface area contributed by atoms with Crippen LogP contribution in [0.15, 0.2) is 0 Å². The molecule has 3 heteroatoms. The number of aliphatic hydroxyl groups excluding tert-OH is 1. The Morgan fingerprint density at radius 1 is 1.67 bits per heavy atom. The van der Waals surface area contributed by atoms with Crippen molar-refractivity contribution in [2.45, 2.75) is 38.8 Å². The minimum atomic E-state index is -0.433. The zero-order valence-electron chi connectivity index (χ0n) is 7.50. The molecule has 0 bridgehead atoms. The number of hydrogen-bond donors (Lipinski definition) is 2. The van der Waals surface area contributed by atoms with Gasteiger partial charge in [0.2, 0.25) is 5.91 Å². The number of carbonyl (C=O) groups excluding carboxylic acids is 1. The zero-order chi connectivity index (χ0) is 9.56. The molecule has 0 heterocycles. The van der Waals surface area contributed by atoms with E-state index in [4.69, 9.17) is 11.5 Å². The standard InChI is InChI=1S/C9H15NO2/c1-4-7(2)10-9(12)6-5-8(3)11/h1,7-8,11H,5-6H2,2-3H3,(H,10,12). The summed E-state index contributed by atoms with van der Waals surface area (Å²) < 4.78 is 0. The van der Waals surface area contributed by atoms with Crippen molar-refractivity contribution in [2.75, 3.05) is 0 Å². The summed E-state index contributed by atoms with van der Waals surface area (Å²) in [7, 11) is 0. The van der Waals surface area contributed by atoms with E-state index in [-0.39, 0.29) is 11.9 Å². The van der Waals surface area contributed by atoms with Gasteiger partial charge in [0.15, 0.2) is 0 Å². The first-order chi connectivity index (χ1) is 5.56. The monoisotopic (exact) mass is 169 g/mol. The van der Waals surface area contributed by atoms with E-state index in [1.165, 1.54) is 0 Å². The van der Waals surface area contributed by atoms with Crippen molar-refractivity contribution in [3.63, 3.8) is 0 Å². The van der Waals surface area contributed by atoms with Gasteiger partial charge in [0.1, 0.15) is 0 Å². The van der Waals surface area contributed by atoms with Crippen molar-refractivity contribution in [3.8, 4) is 12.3 Å². The first kappa shape index (κ1) is 11.0. The summed E-state index contributed by atoms with van der Waals surface area (Å²) in [6.45, 7) is 3.39. The lowest BCUT2D eigenvalue weighted by atomic mass is 10.2. The number of aliphatic hydroxyl groups is 1. The van der Waals surface area contributed by atoms with Gasteiger partial charge in [-0.1, -0.05) is 5.92 Å². The fraction of sp³-hybridized carbons (Fsp3) is 0.667. The van der Waals surface area contributed by atoms with Crippen LogP contribution in [0.3, 0.4) is 0 Å². The number of amides is 1. The molecule has 0 saturated carbocycles. The predicted octanol–water partition coefficient (Wildman–Crippen LogP) is 0.285. The average molecular weight is 169 g/mol. The largest absolute Gasteiger partial charge is 0.393 e. The highest BCUT2D eigenvalue weighted by atomic mass is 16.3. The fourth-order valence-corrected chi connectivity index (χ4v) is 0.695. The van der Waals surface area contributed by atoms with Crippen LogP contribution in [0.4, 0.5) is 0 Å². The Morgan fingerprint density at radius 3 is 2.67 bits per heavy atom. The molecule has 1 amide bonds. The van der Waals surface area contributed by atoms with Crippen LogP contribution in [0.1, 0.15) is 26.7 Å². The minimum Gasteiger partial charge on any atom is -0.393 e. The van der Waals surface area contributed by atoms with Crippen molar-refractivity contribution >= 4 is 5.91 Å². The molecule has 0 aliphatic carbocycles. The third-order valence-corrected chi connectivity index (χ3v) is 1.42. The van der Waals surface area contributed by atoms with Gasteiger partial charge in [0.25, 0.3) is 0 Å². The lowest BCUT2D eigenvalue weighted by molar-refractivity contribution is -0.121. The third-order valence-electron chi connectivity index (χ3n) is 1.42. The van der Waals surface area contributed by atoms with Gasteiger partial charge >= 0.3 is 0 Å². The number of rotatable bonds is 4. The molecule has 68 valence electrons. The van der Waals surface area contributed by atoms with Crippen molar-refractivity contribution < 1.29 is 9.90 Å². The SMILES string of the molecule is C#CC(C)NC(=O)CCC(C)O. The van der Waals surface area contributed by atoms with Gasteiger partial charge in [-0.3, -0.25) is 4.79 Å². The van der Waals surface area contributed by atoms with E-state index in [1.807, 2.05) is 0 Å². The summed E-state index contributed by atoms with van der Waals surface area (Å²) in [4.78, 5) is 11.0. The Labute approximate surface area is 73.2 Å². The fourth-order valence-electron chi connectivity index (χ4n) is 0.695. The Balaban J connectivity index is 3.55. The molecule has 0 saturated heterocycles. The zero-order valence-corrected chi connectivity index (χ0v) is 7.50. The quantitative estimate of drug-likeness (QED) is 0.594. The van der Waals surface area contributed by atoms with E-state index in [9.17, 15) is 4.79 Å². The van der Waals surface area contributed by atoms with Crippen LogP contribution < -0.4 is 5.32 Å². The second-order valence-electron chi connectivity index (χ2n) is 2.84. The average Bonchev–Trinajstić information content (AvgIpc) is 2.00. The summed E-state index contributed by atoms with van der Waals surface area (Å²) in [6.07, 6.45) is 5.43. The molecule has 0 radical (unpaired) electrons. The van der Waals surface area contributed by atoms with Crippen LogP contribution in [0.2, 0.25) is 0 Å². The molecule has 0 rings (SSSR count). The van der Waals surface area contributed by atoms with Gasteiger partial charge in [0, 0.05) is 6.42 Å². The smallest absolute Gasteiger partial charge is 0.221 e. The lowest BCUT2D eigenvalue weighted by Crippen LogP contribution is -2.31. The maximum Gasteiger partial charge on any atom is 0.221 e. The topological polar surface area (TPSA) is 49.3 Å². The molecule has 0 aromatic rings. The van der Waals surface area contributed by atoms with E-state index in [0.29, 0.717) is 12.8 Å². The van der Waals surface area contributed by atoms with E-state index < -0.39 is 6.10 Å². The summed E-state index contributed by atoms with van der Waals surface area (Å²) in [5.74, 6) is 2.28. The second kappa shape index (κ2) is 5.62. The molecule has 2 unspecified atom stereocenters. The van der Waals surface area contributed by atoms with Crippen LogP contribution >= 0.6 is 0 Å². The molecule has 0 aliphatic heterocycles. The maximum atomic E-state index is 11.0.